The van der Waals surface area contributed by atoms with Gasteiger partial charge >= 0.3 is 0 Å². The Labute approximate surface area is 107 Å². The number of aryl methyl sites for hydroxylation is 2. The first-order valence-electron chi connectivity index (χ1n) is 6.12. The maximum Gasteiger partial charge on any atom is 0.157 e. The molecule has 0 bridgehead atoms. The number of methoxy groups -OCH3 is 1. The molecule has 1 N–H and O–H groups in total. The molecule has 2 aromatic rings. The third-order valence-corrected chi connectivity index (χ3v) is 2.99. The second kappa shape index (κ2) is 5.46. The SMILES string of the molecule is COCC(C)NCc1cnc2c(c1)c(C)nn2C. The Morgan fingerprint density at radius 3 is 3.00 bits per heavy atom. The van der Waals surface area contributed by atoms with Gasteiger partial charge in [0.05, 0.1) is 12.3 Å². The van der Waals surface area contributed by atoms with Gasteiger partial charge in [-0.15, -0.1) is 0 Å². The summed E-state index contributed by atoms with van der Waals surface area (Å²) in [7, 11) is 3.63. The topological polar surface area (TPSA) is 52.0 Å². The number of ether oxygens (including phenoxy) is 1. The van der Waals surface area contributed by atoms with Crippen molar-refractivity contribution in [2.45, 2.75) is 26.4 Å². The van der Waals surface area contributed by atoms with Crippen molar-refractivity contribution in [1.82, 2.24) is 20.1 Å². The fourth-order valence-corrected chi connectivity index (χ4v) is 2.05. The number of nitrogens with zero attached hydrogens (tertiary/aromatic N) is 3. The van der Waals surface area contributed by atoms with Gasteiger partial charge in [-0.1, -0.05) is 0 Å². The molecule has 5 heteroatoms. The van der Waals surface area contributed by atoms with Crippen LogP contribution in [0.3, 0.4) is 0 Å². The lowest BCUT2D eigenvalue weighted by Gasteiger charge is -2.12. The van der Waals surface area contributed by atoms with Crippen LogP contribution < -0.4 is 5.32 Å². The highest BCUT2D eigenvalue weighted by molar-refractivity contribution is 5.78. The quantitative estimate of drug-likeness (QED) is 0.869. The van der Waals surface area contributed by atoms with Gasteiger partial charge in [-0.3, -0.25) is 4.68 Å². The van der Waals surface area contributed by atoms with E-state index < -0.39 is 0 Å². The van der Waals surface area contributed by atoms with Crippen LogP contribution >= 0.6 is 0 Å². The van der Waals surface area contributed by atoms with E-state index in [9.17, 15) is 0 Å². The van der Waals surface area contributed by atoms with Crippen LogP contribution in [0.15, 0.2) is 12.3 Å². The Morgan fingerprint density at radius 1 is 1.50 bits per heavy atom. The van der Waals surface area contributed by atoms with Gasteiger partial charge in [-0.25, -0.2) is 4.98 Å². The molecule has 0 aliphatic rings. The third kappa shape index (κ3) is 2.68. The number of fused-ring (bicyclic) bond motifs is 1. The fourth-order valence-electron chi connectivity index (χ4n) is 2.05. The van der Waals surface area contributed by atoms with Crippen molar-refractivity contribution < 1.29 is 4.74 Å². The van der Waals surface area contributed by atoms with Gasteiger partial charge in [-0.05, 0) is 25.5 Å². The molecule has 1 unspecified atom stereocenters. The molecular formula is C13H20N4O. The molecule has 2 aromatic heterocycles. The van der Waals surface area contributed by atoms with Crippen LogP contribution in [0.2, 0.25) is 0 Å². The Balaban J connectivity index is 2.12. The second-order valence-electron chi connectivity index (χ2n) is 4.66. The first-order chi connectivity index (χ1) is 8.61. The molecule has 0 spiro atoms. The number of hydrogen-bond acceptors (Lipinski definition) is 4. The predicted molar refractivity (Wildman–Crippen MR) is 71.4 cm³/mol. The molecule has 2 rings (SSSR count). The molecule has 1 atom stereocenters. The number of pyridine rings is 1. The van der Waals surface area contributed by atoms with E-state index in [1.165, 1.54) is 5.56 Å². The van der Waals surface area contributed by atoms with Gasteiger partial charge < -0.3 is 10.1 Å². The van der Waals surface area contributed by atoms with Crippen molar-refractivity contribution in [1.29, 1.82) is 0 Å². The normalized spacial score (nSPS) is 13.1. The van der Waals surface area contributed by atoms with Gasteiger partial charge in [-0.2, -0.15) is 5.10 Å². The van der Waals surface area contributed by atoms with Crippen LogP contribution in [0.4, 0.5) is 0 Å². The van der Waals surface area contributed by atoms with E-state index in [0.717, 1.165) is 23.3 Å². The van der Waals surface area contributed by atoms with Gasteiger partial charge in [0.1, 0.15) is 0 Å². The van der Waals surface area contributed by atoms with Gasteiger partial charge in [0.2, 0.25) is 0 Å². The molecule has 0 aromatic carbocycles. The molecule has 0 saturated heterocycles. The number of hydrogen-bond donors (Lipinski definition) is 1. The smallest absolute Gasteiger partial charge is 0.157 e. The highest BCUT2D eigenvalue weighted by atomic mass is 16.5. The molecule has 18 heavy (non-hydrogen) atoms. The standard InChI is InChI=1S/C13H20N4O/c1-9(8-18-4)14-6-11-5-12-10(2)16-17(3)13(12)15-7-11/h5,7,9,14H,6,8H2,1-4H3. The van der Waals surface area contributed by atoms with Crippen molar-refractivity contribution in [3.05, 3.63) is 23.5 Å². The van der Waals surface area contributed by atoms with E-state index in [1.807, 2.05) is 24.9 Å². The largest absolute Gasteiger partial charge is 0.383 e. The minimum absolute atomic E-state index is 0.334. The molecule has 0 amide bonds. The van der Waals surface area contributed by atoms with Gasteiger partial charge in [0, 0.05) is 38.3 Å². The average molecular weight is 248 g/mol. The van der Waals surface area contributed by atoms with Crippen molar-refractivity contribution in [3.8, 4) is 0 Å². The molecule has 5 nitrogen and oxygen atoms in total. The lowest BCUT2D eigenvalue weighted by Crippen LogP contribution is -2.29. The minimum atomic E-state index is 0.334. The summed E-state index contributed by atoms with van der Waals surface area (Å²) >= 11 is 0. The van der Waals surface area contributed by atoms with Crippen molar-refractivity contribution in [2.75, 3.05) is 13.7 Å². The van der Waals surface area contributed by atoms with Crippen molar-refractivity contribution in [2.24, 2.45) is 7.05 Å². The first-order valence-corrected chi connectivity index (χ1v) is 6.12. The minimum Gasteiger partial charge on any atom is -0.383 e. The second-order valence-corrected chi connectivity index (χ2v) is 4.66. The van der Waals surface area contributed by atoms with Crippen LogP contribution in [0.25, 0.3) is 11.0 Å². The zero-order valence-electron chi connectivity index (χ0n) is 11.4. The summed E-state index contributed by atoms with van der Waals surface area (Å²) in [6.45, 7) is 5.61. The molecule has 0 aliphatic carbocycles. The van der Waals surface area contributed by atoms with Crippen LogP contribution in [0.5, 0.6) is 0 Å². The van der Waals surface area contributed by atoms with E-state index in [0.29, 0.717) is 12.6 Å². The highest BCUT2D eigenvalue weighted by Crippen LogP contribution is 2.16. The summed E-state index contributed by atoms with van der Waals surface area (Å²) in [5.41, 5.74) is 3.12. The Morgan fingerprint density at radius 2 is 2.28 bits per heavy atom. The molecule has 98 valence electrons. The van der Waals surface area contributed by atoms with Crippen LogP contribution in [-0.2, 0) is 18.3 Å². The molecule has 0 fully saturated rings. The van der Waals surface area contributed by atoms with E-state index in [2.05, 4.69) is 28.4 Å². The Hall–Kier alpha value is -1.46. The summed E-state index contributed by atoms with van der Waals surface area (Å²) in [4.78, 5) is 4.45. The summed E-state index contributed by atoms with van der Waals surface area (Å²) in [6.07, 6.45) is 1.90. The summed E-state index contributed by atoms with van der Waals surface area (Å²) in [6, 6.07) is 2.48. The molecule has 0 aliphatic heterocycles. The van der Waals surface area contributed by atoms with Crippen LogP contribution in [0, 0.1) is 6.92 Å². The highest BCUT2D eigenvalue weighted by Gasteiger charge is 2.07. The fraction of sp³-hybridized carbons (Fsp3) is 0.538. The predicted octanol–water partition coefficient (Wildman–Crippen LogP) is 1.40. The van der Waals surface area contributed by atoms with Gasteiger partial charge in [0.15, 0.2) is 5.65 Å². The first kappa shape index (κ1) is 13.0. The van der Waals surface area contributed by atoms with E-state index in [4.69, 9.17) is 4.74 Å². The maximum atomic E-state index is 5.09. The number of rotatable bonds is 5. The summed E-state index contributed by atoms with van der Waals surface area (Å²) in [5, 5.41) is 8.89. The van der Waals surface area contributed by atoms with E-state index >= 15 is 0 Å². The summed E-state index contributed by atoms with van der Waals surface area (Å²) in [5.74, 6) is 0. The lowest BCUT2D eigenvalue weighted by molar-refractivity contribution is 0.171. The third-order valence-electron chi connectivity index (χ3n) is 2.99. The molecular weight excluding hydrogens is 228 g/mol. The van der Waals surface area contributed by atoms with Crippen LogP contribution in [0.1, 0.15) is 18.2 Å². The van der Waals surface area contributed by atoms with Crippen LogP contribution in [-0.4, -0.2) is 34.5 Å². The maximum absolute atomic E-state index is 5.09. The number of nitrogens with one attached hydrogen (secondary N) is 1. The zero-order valence-corrected chi connectivity index (χ0v) is 11.4. The van der Waals surface area contributed by atoms with E-state index in [-0.39, 0.29) is 0 Å². The molecule has 0 radical (unpaired) electrons. The Kier molecular flexibility index (Phi) is 3.93. The summed E-state index contributed by atoms with van der Waals surface area (Å²) < 4.78 is 6.91. The van der Waals surface area contributed by atoms with Crippen molar-refractivity contribution >= 4 is 11.0 Å². The zero-order chi connectivity index (χ0) is 13.1. The monoisotopic (exact) mass is 248 g/mol. The average Bonchev–Trinajstić information content (AvgIpc) is 2.63. The Bertz CT molecular complexity index is 535. The number of aromatic nitrogens is 3. The van der Waals surface area contributed by atoms with Gasteiger partial charge in [0.25, 0.3) is 0 Å². The van der Waals surface area contributed by atoms with Crippen molar-refractivity contribution in [3.63, 3.8) is 0 Å². The molecule has 0 saturated carbocycles. The lowest BCUT2D eigenvalue weighted by atomic mass is 10.2. The van der Waals surface area contributed by atoms with E-state index in [1.54, 1.807) is 7.11 Å². The molecule has 2 heterocycles.